The zero-order valence-electron chi connectivity index (χ0n) is 49.2. The molecule has 12 radical (unpaired) electrons. The average molecular weight is 1470 g/mol. The van der Waals surface area contributed by atoms with Crippen LogP contribution in [0.15, 0.2) is 253 Å². The summed E-state index contributed by atoms with van der Waals surface area (Å²) in [7, 11) is 8.98. The van der Waals surface area contributed by atoms with Crippen molar-refractivity contribution in [2.45, 2.75) is 39.8 Å². The van der Waals surface area contributed by atoms with E-state index in [1.54, 1.807) is 0 Å². The Morgan fingerprint density at radius 1 is 0.295 bits per heavy atom. The van der Waals surface area contributed by atoms with E-state index in [1.165, 1.54) is 89.1 Å². The first-order chi connectivity index (χ1) is 42.4. The Labute approximate surface area is 574 Å². The van der Waals surface area contributed by atoms with Crippen LogP contribution < -0.4 is 0 Å². The fourth-order valence-electron chi connectivity index (χ4n) is 10.8. The minimum absolute atomic E-state index is 0. The molecule has 4 nitrogen and oxygen atoms in total. The first-order valence-electron chi connectivity index (χ1n) is 28.9. The van der Waals surface area contributed by atoms with E-state index in [-0.39, 0.29) is 33.6 Å². The fraction of sp³-hybridized carbons (Fsp3) is 0.128. The van der Waals surface area contributed by atoms with Gasteiger partial charge in [-0.3, -0.25) is 0 Å². The van der Waals surface area contributed by atoms with Crippen LogP contribution in [0.2, 0.25) is 0 Å². The molecule has 14 rings (SSSR count). The standard InChI is InChI=1S/2C28H20.2C11H14NO.2ClH.2Co.2Pd/c2*1-5-13-21(14-6-1)25-26(22-15-7-2-8-16-22)28(24-19-11-4-12-20-24)27(25)23-17-9-3-10-18-23;2*1-8(2)10-7-13-11(12-10)9-5-3-4-6-9;;;;;;/h2*1-20H;2*3-6,8,10H,7H2,1-2H3;2*1H;;;;/q;;;;;;;;2*+2/p-2/t;;2*10-;;;;;;/m..11....../s1. The molecular weight excluding hydrogens is 1400 g/mol. The van der Waals surface area contributed by atoms with E-state index in [2.05, 4.69) is 336 Å². The summed E-state index contributed by atoms with van der Waals surface area (Å²) in [6.07, 6.45) is 16.1. The summed E-state index contributed by atoms with van der Waals surface area (Å²) in [4.78, 5) is 9.05. The van der Waals surface area contributed by atoms with Gasteiger partial charge in [-0.25, -0.2) is 9.98 Å². The molecule has 2 atom stereocenters. The molecule has 452 valence electrons. The Kier molecular flexibility index (Phi) is 29.0. The summed E-state index contributed by atoms with van der Waals surface area (Å²) < 4.78 is 11.0. The van der Waals surface area contributed by atoms with Crippen molar-refractivity contribution in [3.05, 3.63) is 350 Å². The maximum atomic E-state index is 5.52. The van der Waals surface area contributed by atoms with E-state index in [9.17, 15) is 0 Å². The molecule has 2 aliphatic heterocycles. The minimum Gasteiger partial charge on any atom is -0.0622 e. The predicted molar refractivity (Wildman–Crippen MR) is 355 cm³/mol. The summed E-state index contributed by atoms with van der Waals surface area (Å²) in [5.74, 6) is 4.94. The Bertz CT molecular complexity index is 2930. The smallest absolute Gasteiger partial charge is 0 e. The molecule has 0 bridgehead atoms. The number of nitrogens with zero attached hydrogens (tertiary/aromatic N) is 2. The first-order valence-corrected chi connectivity index (χ1v) is 32.9. The van der Waals surface area contributed by atoms with Crippen LogP contribution in [0.5, 0.6) is 0 Å². The summed E-state index contributed by atoms with van der Waals surface area (Å²) in [5.41, 5.74) is 20.8. The molecular formula is C78H68Cl2Co2N2O2Pd2+2. The number of ether oxygens (including phenoxy) is 2. The maximum absolute atomic E-state index is 5.52. The number of allylic oxidation sites excluding steroid dienone is 8. The van der Waals surface area contributed by atoms with Crippen molar-refractivity contribution in [1.82, 2.24) is 0 Å². The van der Waals surface area contributed by atoms with Gasteiger partial charge in [0.05, 0.1) is 23.9 Å². The molecule has 2 heterocycles. The van der Waals surface area contributed by atoms with Gasteiger partial charge in [0.2, 0.25) is 0 Å². The average Bonchev–Trinajstić information content (AvgIpc) is 1.39. The van der Waals surface area contributed by atoms with Gasteiger partial charge in [0.15, 0.2) is 11.8 Å². The van der Waals surface area contributed by atoms with E-state index in [1.807, 2.05) is 51.4 Å². The number of benzene rings is 8. The second-order valence-corrected chi connectivity index (χ2v) is 21.4. The van der Waals surface area contributed by atoms with E-state index >= 15 is 0 Å². The molecule has 0 N–H and O–H groups in total. The zero-order chi connectivity index (χ0) is 60.0. The SMILES string of the molecule is CC(C)[C@H]1COC([C]2[CH][CH][CH][CH]2)=N1.CC(C)[C@H]1COC([C]2[CH][CH][CH][CH]2)=N1.[Cl][Pd+].[Cl][Pd+].[Co].[Co].c1ccc(C2=C(c3ccccc3)C(c3ccccc3)=C2c2ccccc2)cc1.c1ccc(C2=C(c3ccccc3)C(c3ccccc3)=C2c2ccccc2)cc1. The van der Waals surface area contributed by atoms with Crippen molar-refractivity contribution in [3.8, 4) is 0 Å². The van der Waals surface area contributed by atoms with Crippen molar-refractivity contribution in [2.75, 3.05) is 13.2 Å². The number of aliphatic imine (C=N–C) groups is 2. The van der Waals surface area contributed by atoms with Gasteiger partial charge in [-0.1, -0.05) is 270 Å². The minimum atomic E-state index is 0. The number of halogens is 2. The van der Waals surface area contributed by atoms with Crippen LogP contribution in [0.25, 0.3) is 44.6 Å². The molecule has 2 fully saturated rings. The second-order valence-electron chi connectivity index (χ2n) is 21.4. The van der Waals surface area contributed by atoms with Crippen molar-refractivity contribution >= 4 is 75.4 Å². The van der Waals surface area contributed by atoms with E-state index in [0.717, 1.165) is 36.8 Å². The first kappa shape index (κ1) is 70.0. The predicted octanol–water partition coefficient (Wildman–Crippen LogP) is 19.5. The van der Waals surface area contributed by atoms with Gasteiger partial charge in [0.25, 0.3) is 0 Å². The van der Waals surface area contributed by atoms with Gasteiger partial charge in [-0.15, -0.1) is 0 Å². The van der Waals surface area contributed by atoms with Crippen LogP contribution in [-0.2, 0) is 79.4 Å². The van der Waals surface area contributed by atoms with E-state index < -0.39 is 0 Å². The van der Waals surface area contributed by atoms with Crippen LogP contribution in [0, 0.1) is 75.0 Å². The molecule has 4 aliphatic carbocycles. The molecule has 0 amide bonds. The Hall–Kier alpha value is -5.42. The monoisotopic (exact) mass is 1460 g/mol. The molecule has 88 heavy (non-hydrogen) atoms. The topological polar surface area (TPSA) is 43.2 Å². The Balaban J connectivity index is 0.000000172. The number of hydrogen-bond acceptors (Lipinski definition) is 4. The van der Waals surface area contributed by atoms with Gasteiger partial charge in [0, 0.05) is 33.6 Å². The number of rotatable bonds is 12. The third-order valence-electron chi connectivity index (χ3n) is 15.2. The van der Waals surface area contributed by atoms with Crippen LogP contribution >= 0.6 is 19.1 Å². The molecule has 0 saturated heterocycles. The van der Waals surface area contributed by atoms with Crippen LogP contribution in [0.1, 0.15) is 72.2 Å². The van der Waals surface area contributed by atoms with Gasteiger partial charge in [-0.2, -0.15) is 0 Å². The van der Waals surface area contributed by atoms with Gasteiger partial charge in [-0.05, 0) is 152 Å². The molecule has 6 aliphatic rings. The van der Waals surface area contributed by atoms with Gasteiger partial charge < -0.3 is 9.47 Å². The second kappa shape index (κ2) is 36.4. The number of hydrogen-bond donors (Lipinski definition) is 0. The van der Waals surface area contributed by atoms with Crippen molar-refractivity contribution < 1.29 is 79.4 Å². The molecule has 0 aromatic heterocycles. The van der Waals surface area contributed by atoms with Crippen molar-refractivity contribution in [3.63, 3.8) is 0 Å². The van der Waals surface area contributed by atoms with Crippen molar-refractivity contribution in [1.29, 1.82) is 0 Å². The zero-order valence-corrected chi connectivity index (χ0v) is 55.9. The maximum Gasteiger partial charge on any atom is 0 e. The summed E-state index contributed by atoms with van der Waals surface area (Å²) >= 11 is 4.44. The summed E-state index contributed by atoms with van der Waals surface area (Å²) in [6.45, 7) is 10.2. The van der Waals surface area contributed by atoms with Crippen LogP contribution in [0.4, 0.5) is 0 Å². The molecule has 0 spiro atoms. The summed E-state index contributed by atoms with van der Waals surface area (Å²) in [6, 6.07) is 86.6. The largest absolute Gasteiger partial charge is 0.0622 e. The quantitative estimate of drug-likeness (QED) is 0.114. The molecule has 10 heteroatoms. The fourth-order valence-corrected chi connectivity index (χ4v) is 10.8. The van der Waals surface area contributed by atoms with Gasteiger partial charge in [0.1, 0.15) is 13.2 Å². The summed E-state index contributed by atoms with van der Waals surface area (Å²) in [5, 5.41) is 0. The van der Waals surface area contributed by atoms with E-state index in [4.69, 9.17) is 9.47 Å². The van der Waals surface area contributed by atoms with Crippen molar-refractivity contribution in [2.24, 2.45) is 21.8 Å². The molecule has 8 aromatic rings. The Morgan fingerprint density at radius 3 is 0.591 bits per heavy atom. The molecule has 0 unspecified atom stereocenters. The molecule has 2 saturated carbocycles. The van der Waals surface area contributed by atoms with Gasteiger partial charge >= 0.3 is 55.4 Å². The van der Waals surface area contributed by atoms with Crippen LogP contribution in [-0.4, -0.2) is 37.1 Å². The van der Waals surface area contributed by atoms with E-state index in [0.29, 0.717) is 23.9 Å². The third kappa shape index (κ3) is 17.5. The normalized spacial score (nSPS) is 17.4. The molecule has 8 aromatic carbocycles. The third-order valence-corrected chi connectivity index (χ3v) is 15.2. The van der Waals surface area contributed by atoms with Crippen LogP contribution in [0.3, 0.4) is 0 Å². The Morgan fingerprint density at radius 2 is 0.455 bits per heavy atom.